The lowest BCUT2D eigenvalue weighted by molar-refractivity contribution is 0.104. The number of fused-ring (bicyclic) bond motifs is 2. The van der Waals surface area contributed by atoms with E-state index in [0.717, 1.165) is 29.4 Å². The highest BCUT2D eigenvalue weighted by Crippen LogP contribution is 2.29. The third-order valence-corrected chi connectivity index (χ3v) is 5.05. The maximum absolute atomic E-state index is 12.7. The van der Waals surface area contributed by atoms with E-state index >= 15 is 0 Å². The lowest BCUT2D eigenvalue weighted by atomic mass is 9.99. The van der Waals surface area contributed by atoms with Crippen molar-refractivity contribution in [3.63, 3.8) is 0 Å². The molecule has 0 unspecified atom stereocenters. The number of carbonyl (C=O) groups excluding carboxylic acids is 1. The van der Waals surface area contributed by atoms with Crippen LogP contribution in [0.3, 0.4) is 0 Å². The minimum absolute atomic E-state index is 0.150. The summed E-state index contributed by atoms with van der Waals surface area (Å²) in [5.74, 6) is 0.150. The topological polar surface area (TPSA) is 17.1 Å². The van der Waals surface area contributed by atoms with E-state index in [9.17, 15) is 4.79 Å². The van der Waals surface area contributed by atoms with Gasteiger partial charge in [0.2, 0.25) is 0 Å². The number of hydrogen-bond acceptors (Lipinski definition) is 2. The first kappa shape index (κ1) is 11.9. The van der Waals surface area contributed by atoms with Gasteiger partial charge in [-0.15, -0.1) is 11.3 Å². The zero-order valence-electron chi connectivity index (χ0n) is 11.1. The average Bonchev–Trinajstić information content (AvgIpc) is 3.12. The molecule has 98 valence electrons. The monoisotopic (exact) mass is 278 g/mol. The largest absolute Gasteiger partial charge is 0.289 e. The number of hydrogen-bond donors (Lipinski definition) is 0. The van der Waals surface area contributed by atoms with Crippen molar-refractivity contribution < 1.29 is 4.79 Å². The quantitative estimate of drug-likeness (QED) is 0.625. The van der Waals surface area contributed by atoms with Crippen molar-refractivity contribution in [3.05, 3.63) is 70.1 Å². The van der Waals surface area contributed by atoms with Gasteiger partial charge in [-0.2, -0.15) is 0 Å². The van der Waals surface area contributed by atoms with E-state index in [2.05, 4.69) is 18.2 Å². The van der Waals surface area contributed by atoms with Crippen molar-refractivity contribution in [1.29, 1.82) is 0 Å². The minimum atomic E-state index is 0.150. The Bertz CT molecular complexity index is 813. The van der Waals surface area contributed by atoms with Crippen molar-refractivity contribution in [2.45, 2.75) is 19.3 Å². The van der Waals surface area contributed by atoms with Gasteiger partial charge in [-0.05, 0) is 42.5 Å². The molecule has 4 rings (SSSR count). The highest BCUT2D eigenvalue weighted by molar-refractivity contribution is 7.17. The van der Waals surface area contributed by atoms with Crippen LogP contribution >= 0.6 is 11.3 Å². The van der Waals surface area contributed by atoms with E-state index in [1.54, 1.807) is 11.3 Å². The molecule has 1 nitrogen and oxygen atoms in total. The standard InChI is InChI=1S/C18H14OS/c19-18(14-9-8-12-4-3-5-13(12)10-14)16-11-20-17-7-2-1-6-15(16)17/h1-2,6-11H,3-5H2. The first-order valence-electron chi connectivity index (χ1n) is 6.96. The van der Waals surface area contributed by atoms with Gasteiger partial charge in [0.25, 0.3) is 0 Å². The predicted molar refractivity (Wildman–Crippen MR) is 83.7 cm³/mol. The van der Waals surface area contributed by atoms with Crippen LogP contribution in [0.25, 0.3) is 10.1 Å². The van der Waals surface area contributed by atoms with Crippen LogP contribution in [0.2, 0.25) is 0 Å². The molecule has 2 heteroatoms. The summed E-state index contributed by atoms with van der Waals surface area (Å²) in [6, 6.07) is 14.3. The summed E-state index contributed by atoms with van der Waals surface area (Å²) in [6.45, 7) is 0. The molecule has 2 aromatic carbocycles. The summed E-state index contributed by atoms with van der Waals surface area (Å²) >= 11 is 1.64. The minimum Gasteiger partial charge on any atom is -0.289 e. The highest BCUT2D eigenvalue weighted by atomic mass is 32.1. The second-order valence-corrected chi connectivity index (χ2v) is 6.22. The second kappa shape index (κ2) is 4.57. The molecule has 0 bridgehead atoms. The summed E-state index contributed by atoms with van der Waals surface area (Å²) in [4.78, 5) is 12.7. The smallest absolute Gasteiger partial charge is 0.194 e. The van der Waals surface area contributed by atoms with Crippen LogP contribution in [-0.4, -0.2) is 5.78 Å². The van der Waals surface area contributed by atoms with Crippen LogP contribution in [0.1, 0.15) is 33.5 Å². The van der Waals surface area contributed by atoms with Gasteiger partial charge in [0.15, 0.2) is 5.78 Å². The lowest BCUT2D eigenvalue weighted by Crippen LogP contribution is -2.01. The molecule has 0 saturated carbocycles. The van der Waals surface area contributed by atoms with Crippen LogP contribution in [0.4, 0.5) is 0 Å². The van der Waals surface area contributed by atoms with Crippen LogP contribution < -0.4 is 0 Å². The van der Waals surface area contributed by atoms with E-state index in [4.69, 9.17) is 0 Å². The SMILES string of the molecule is O=C(c1ccc2c(c1)CCC2)c1csc2ccccc12. The van der Waals surface area contributed by atoms with Crippen LogP contribution in [0, 0.1) is 0 Å². The van der Waals surface area contributed by atoms with Gasteiger partial charge >= 0.3 is 0 Å². The van der Waals surface area contributed by atoms with Crippen molar-refractivity contribution in [2.75, 3.05) is 0 Å². The number of ketones is 1. The molecule has 0 fully saturated rings. The third-order valence-electron chi connectivity index (χ3n) is 4.09. The molecule has 0 atom stereocenters. The van der Waals surface area contributed by atoms with Gasteiger partial charge in [0.05, 0.1) is 0 Å². The fourth-order valence-corrected chi connectivity index (χ4v) is 3.96. The molecular weight excluding hydrogens is 264 g/mol. The Hall–Kier alpha value is -1.93. The molecule has 20 heavy (non-hydrogen) atoms. The van der Waals surface area contributed by atoms with Gasteiger partial charge in [-0.1, -0.05) is 30.3 Å². The molecular formula is C18H14OS. The van der Waals surface area contributed by atoms with Gasteiger partial charge in [0.1, 0.15) is 0 Å². The first-order chi connectivity index (χ1) is 9.83. The number of aryl methyl sites for hydroxylation is 2. The van der Waals surface area contributed by atoms with Gasteiger partial charge in [0, 0.05) is 26.6 Å². The first-order valence-corrected chi connectivity index (χ1v) is 7.83. The molecule has 1 aliphatic carbocycles. The van der Waals surface area contributed by atoms with E-state index in [0.29, 0.717) is 0 Å². The van der Waals surface area contributed by atoms with Crippen molar-refractivity contribution >= 4 is 27.2 Å². The third kappa shape index (κ3) is 1.80. The molecule has 0 spiro atoms. The molecule has 1 aliphatic rings. The Labute approximate surface area is 121 Å². The molecule has 3 aromatic rings. The van der Waals surface area contributed by atoms with Crippen molar-refractivity contribution in [1.82, 2.24) is 0 Å². The van der Waals surface area contributed by atoms with Crippen molar-refractivity contribution in [2.24, 2.45) is 0 Å². The molecule has 0 amide bonds. The van der Waals surface area contributed by atoms with Crippen LogP contribution in [-0.2, 0) is 12.8 Å². The molecule has 0 N–H and O–H groups in total. The normalized spacial score (nSPS) is 13.6. The Morgan fingerprint density at radius 3 is 2.80 bits per heavy atom. The van der Waals surface area contributed by atoms with Gasteiger partial charge in [-0.25, -0.2) is 0 Å². The maximum Gasteiger partial charge on any atom is 0.194 e. The Morgan fingerprint density at radius 2 is 1.85 bits per heavy atom. The molecule has 1 aromatic heterocycles. The highest BCUT2D eigenvalue weighted by Gasteiger charge is 2.17. The van der Waals surface area contributed by atoms with Crippen molar-refractivity contribution in [3.8, 4) is 0 Å². The van der Waals surface area contributed by atoms with E-state index in [1.165, 1.54) is 22.2 Å². The number of thiophene rings is 1. The summed E-state index contributed by atoms with van der Waals surface area (Å²) < 4.78 is 1.18. The number of carbonyl (C=O) groups is 1. The maximum atomic E-state index is 12.7. The predicted octanol–water partition coefficient (Wildman–Crippen LogP) is 4.62. The summed E-state index contributed by atoms with van der Waals surface area (Å²) in [6.07, 6.45) is 3.49. The van der Waals surface area contributed by atoms with Gasteiger partial charge < -0.3 is 0 Å². The summed E-state index contributed by atoms with van der Waals surface area (Å²) in [7, 11) is 0. The van der Waals surface area contributed by atoms with Crippen LogP contribution in [0.15, 0.2) is 47.8 Å². The van der Waals surface area contributed by atoms with E-state index < -0.39 is 0 Å². The number of rotatable bonds is 2. The fourth-order valence-electron chi connectivity index (χ4n) is 3.02. The van der Waals surface area contributed by atoms with Crippen LogP contribution in [0.5, 0.6) is 0 Å². The lowest BCUT2D eigenvalue weighted by Gasteiger charge is -2.04. The molecule has 0 radical (unpaired) electrons. The molecule has 0 saturated heterocycles. The zero-order chi connectivity index (χ0) is 13.5. The zero-order valence-corrected chi connectivity index (χ0v) is 11.9. The fraction of sp³-hybridized carbons (Fsp3) is 0.167. The summed E-state index contributed by atoms with van der Waals surface area (Å²) in [5.41, 5.74) is 4.44. The Kier molecular flexibility index (Phi) is 2.71. The molecule has 1 heterocycles. The van der Waals surface area contributed by atoms with Gasteiger partial charge in [-0.3, -0.25) is 4.79 Å². The number of benzene rings is 2. The Balaban J connectivity index is 1.80. The van der Waals surface area contributed by atoms with E-state index in [-0.39, 0.29) is 5.78 Å². The second-order valence-electron chi connectivity index (χ2n) is 5.31. The molecule has 0 aliphatic heterocycles. The Morgan fingerprint density at radius 1 is 1.00 bits per heavy atom. The van der Waals surface area contributed by atoms with E-state index in [1.807, 2.05) is 29.6 Å². The average molecular weight is 278 g/mol. The summed E-state index contributed by atoms with van der Waals surface area (Å²) in [5, 5.41) is 3.06.